The number of rotatable bonds is 5. The van der Waals surface area contributed by atoms with Crippen LogP contribution in [-0.4, -0.2) is 88.2 Å². The van der Waals surface area contributed by atoms with Gasteiger partial charge in [-0.3, -0.25) is 9.89 Å². The molecule has 0 unspecified atom stereocenters. The third kappa shape index (κ3) is 5.80. The molecule has 2 saturated heterocycles. The first kappa shape index (κ1) is 23.8. The van der Waals surface area contributed by atoms with Crippen LogP contribution in [0, 0.1) is 0 Å². The van der Waals surface area contributed by atoms with E-state index in [-0.39, 0.29) is 24.0 Å². The van der Waals surface area contributed by atoms with Crippen molar-refractivity contribution in [3.05, 3.63) is 22.4 Å². The fraction of sp³-hybridized carbons (Fsp3) is 0.722. The maximum Gasteiger partial charge on any atom is 0.193 e. The van der Waals surface area contributed by atoms with Crippen LogP contribution in [0.1, 0.15) is 17.7 Å². The Hall–Kier alpha value is -0.430. The van der Waals surface area contributed by atoms with Crippen LogP contribution in [0.5, 0.6) is 0 Å². The lowest BCUT2D eigenvalue weighted by atomic mass is 9.99. The molecule has 28 heavy (non-hydrogen) atoms. The number of halogens is 1. The van der Waals surface area contributed by atoms with E-state index >= 15 is 0 Å². The lowest BCUT2D eigenvalue weighted by Crippen LogP contribution is -2.57. The summed E-state index contributed by atoms with van der Waals surface area (Å²) in [4.78, 5) is 10.5. The summed E-state index contributed by atoms with van der Waals surface area (Å²) in [5, 5.41) is 5.46. The molecule has 2 aliphatic heterocycles. The third-order valence-corrected chi connectivity index (χ3v) is 8.59. The highest BCUT2D eigenvalue weighted by atomic mass is 127. The molecule has 1 N–H and O–H groups in total. The Morgan fingerprint density at radius 3 is 2.50 bits per heavy atom. The van der Waals surface area contributed by atoms with Gasteiger partial charge in [0.25, 0.3) is 0 Å². The Morgan fingerprint density at radius 2 is 1.96 bits per heavy atom. The second-order valence-corrected chi connectivity index (χ2v) is 10.8. The first-order chi connectivity index (χ1) is 12.9. The number of hydrogen-bond donors (Lipinski definition) is 1. The van der Waals surface area contributed by atoms with Crippen molar-refractivity contribution >= 4 is 51.1 Å². The molecule has 1 aromatic rings. The highest BCUT2D eigenvalue weighted by Gasteiger charge is 2.42. The van der Waals surface area contributed by atoms with Crippen LogP contribution in [0.15, 0.2) is 22.5 Å². The van der Waals surface area contributed by atoms with Crippen LogP contribution >= 0.6 is 35.3 Å². The molecule has 0 aliphatic carbocycles. The molecule has 160 valence electrons. The van der Waals surface area contributed by atoms with Gasteiger partial charge in [0.15, 0.2) is 15.8 Å². The average Bonchev–Trinajstić information content (AvgIpc) is 3.16. The zero-order valence-electron chi connectivity index (χ0n) is 16.6. The van der Waals surface area contributed by atoms with Crippen LogP contribution in [-0.2, 0) is 21.1 Å². The second kappa shape index (κ2) is 10.6. The van der Waals surface area contributed by atoms with Crippen LogP contribution in [0.4, 0.5) is 0 Å². The van der Waals surface area contributed by atoms with Crippen LogP contribution in [0.3, 0.4) is 0 Å². The summed E-state index contributed by atoms with van der Waals surface area (Å²) in [6.45, 7) is 6.10. The molecule has 7 nitrogen and oxygen atoms in total. The smallest absolute Gasteiger partial charge is 0.193 e. The minimum atomic E-state index is -3.18. The van der Waals surface area contributed by atoms with Gasteiger partial charge < -0.3 is 15.0 Å². The van der Waals surface area contributed by atoms with Crippen molar-refractivity contribution in [2.75, 3.05) is 59.2 Å². The van der Waals surface area contributed by atoms with Crippen molar-refractivity contribution in [1.82, 2.24) is 15.1 Å². The van der Waals surface area contributed by atoms with E-state index in [0.29, 0.717) is 32.6 Å². The molecule has 0 amide bonds. The summed E-state index contributed by atoms with van der Waals surface area (Å²) in [7, 11) is -1.42. The molecule has 0 saturated carbocycles. The summed E-state index contributed by atoms with van der Waals surface area (Å²) in [6, 6.07) is 4.27. The molecule has 2 aliphatic rings. The van der Waals surface area contributed by atoms with Gasteiger partial charge in [-0.1, -0.05) is 6.07 Å². The SMILES string of the molecule is CN=C(NCC1(S(C)(=O)=O)CCOCC1)N1CCN(Cc2cccs2)CC1.I. The number of nitrogens with one attached hydrogen (secondary N) is 1. The van der Waals surface area contributed by atoms with E-state index in [0.717, 1.165) is 38.7 Å². The molecular formula is C18H31IN4O3S2. The van der Waals surface area contributed by atoms with Crippen molar-refractivity contribution < 1.29 is 13.2 Å². The monoisotopic (exact) mass is 542 g/mol. The summed E-state index contributed by atoms with van der Waals surface area (Å²) >= 11 is 1.80. The molecule has 3 rings (SSSR count). The molecule has 0 atom stereocenters. The average molecular weight is 543 g/mol. The Balaban J connectivity index is 0.00000280. The highest BCUT2D eigenvalue weighted by Crippen LogP contribution is 2.28. The van der Waals surface area contributed by atoms with Gasteiger partial charge in [0.1, 0.15) is 0 Å². The number of thiophene rings is 1. The number of nitrogens with zero attached hydrogens (tertiary/aromatic N) is 3. The number of piperazine rings is 1. The van der Waals surface area contributed by atoms with E-state index in [4.69, 9.17) is 4.74 Å². The van der Waals surface area contributed by atoms with Crippen molar-refractivity contribution in [3.8, 4) is 0 Å². The predicted molar refractivity (Wildman–Crippen MR) is 126 cm³/mol. The molecule has 0 radical (unpaired) electrons. The van der Waals surface area contributed by atoms with E-state index < -0.39 is 14.6 Å². The maximum absolute atomic E-state index is 12.4. The van der Waals surface area contributed by atoms with E-state index in [2.05, 4.69) is 37.6 Å². The van der Waals surface area contributed by atoms with Gasteiger partial charge in [-0.15, -0.1) is 35.3 Å². The van der Waals surface area contributed by atoms with E-state index in [1.54, 1.807) is 18.4 Å². The number of guanidine groups is 1. The summed E-state index contributed by atoms with van der Waals surface area (Å²) < 4.78 is 29.5. The second-order valence-electron chi connectivity index (χ2n) is 7.31. The Kier molecular flexibility index (Phi) is 8.99. The number of ether oxygens (including phenoxy) is 1. The number of hydrogen-bond acceptors (Lipinski definition) is 6. The quantitative estimate of drug-likeness (QED) is 0.347. The first-order valence-corrected chi connectivity index (χ1v) is 12.2. The summed E-state index contributed by atoms with van der Waals surface area (Å²) in [5.41, 5.74) is 0. The van der Waals surface area contributed by atoms with Gasteiger partial charge in [-0.25, -0.2) is 8.42 Å². The minimum absolute atomic E-state index is 0. The molecule has 3 heterocycles. The molecule has 10 heteroatoms. The summed E-state index contributed by atoms with van der Waals surface area (Å²) in [5.74, 6) is 0.792. The van der Waals surface area contributed by atoms with Gasteiger partial charge in [-0.05, 0) is 24.3 Å². The standard InChI is InChI=1S/C18H30N4O3S2.HI/c1-19-17(20-15-18(27(2,23)24)5-11-25-12-6-18)22-9-7-21(8-10-22)14-16-4-3-13-26-16;/h3-4,13H,5-12,14-15H2,1-2H3,(H,19,20);1H. The van der Waals surface area contributed by atoms with E-state index in [1.807, 2.05) is 0 Å². The van der Waals surface area contributed by atoms with Crippen molar-refractivity contribution in [2.45, 2.75) is 24.1 Å². The molecular weight excluding hydrogens is 511 g/mol. The van der Waals surface area contributed by atoms with Gasteiger partial charge >= 0.3 is 0 Å². The largest absolute Gasteiger partial charge is 0.381 e. The van der Waals surface area contributed by atoms with Gasteiger partial charge in [0.2, 0.25) is 0 Å². The zero-order chi connectivity index (χ0) is 19.3. The Morgan fingerprint density at radius 1 is 1.29 bits per heavy atom. The molecule has 2 fully saturated rings. The number of aliphatic imine (C=N–C) groups is 1. The van der Waals surface area contributed by atoms with Gasteiger partial charge in [0.05, 0.1) is 4.75 Å². The van der Waals surface area contributed by atoms with Crippen molar-refractivity contribution in [1.29, 1.82) is 0 Å². The molecule has 0 spiro atoms. The van der Waals surface area contributed by atoms with Crippen LogP contribution in [0.2, 0.25) is 0 Å². The molecule has 0 aromatic carbocycles. The zero-order valence-corrected chi connectivity index (χ0v) is 20.6. The highest BCUT2D eigenvalue weighted by molar-refractivity contribution is 14.0. The fourth-order valence-electron chi connectivity index (χ4n) is 3.74. The Labute approximate surface area is 189 Å². The summed E-state index contributed by atoms with van der Waals surface area (Å²) in [6.07, 6.45) is 2.40. The molecule has 0 bridgehead atoms. The van der Waals surface area contributed by atoms with E-state index in [1.165, 1.54) is 11.1 Å². The maximum atomic E-state index is 12.4. The normalized spacial score (nSPS) is 21.2. The fourth-order valence-corrected chi connectivity index (χ4v) is 5.72. The van der Waals surface area contributed by atoms with Gasteiger partial charge in [-0.2, -0.15) is 0 Å². The minimum Gasteiger partial charge on any atom is -0.381 e. The van der Waals surface area contributed by atoms with Crippen molar-refractivity contribution in [2.24, 2.45) is 4.99 Å². The van der Waals surface area contributed by atoms with E-state index in [9.17, 15) is 8.42 Å². The lowest BCUT2D eigenvalue weighted by Gasteiger charge is -2.39. The van der Waals surface area contributed by atoms with Gasteiger partial charge in [0, 0.05) is 70.7 Å². The van der Waals surface area contributed by atoms with Crippen LogP contribution in [0.25, 0.3) is 0 Å². The van der Waals surface area contributed by atoms with Crippen LogP contribution < -0.4 is 5.32 Å². The topological polar surface area (TPSA) is 74.2 Å². The third-order valence-electron chi connectivity index (χ3n) is 5.60. The molecule has 1 aromatic heterocycles. The van der Waals surface area contributed by atoms with Crippen molar-refractivity contribution in [3.63, 3.8) is 0 Å². The predicted octanol–water partition coefficient (Wildman–Crippen LogP) is 1.65. The number of sulfone groups is 1. The lowest BCUT2D eigenvalue weighted by molar-refractivity contribution is 0.0753. The Bertz CT molecular complexity index is 726. The first-order valence-electron chi connectivity index (χ1n) is 9.41.